The maximum Gasteiger partial charge on any atom is 0.414 e. The van der Waals surface area contributed by atoms with E-state index >= 15 is 0 Å². The third-order valence-electron chi connectivity index (χ3n) is 3.89. The molecule has 0 aliphatic carbocycles. The molecule has 2 aromatic heterocycles. The van der Waals surface area contributed by atoms with Gasteiger partial charge in [-0.05, 0) is 30.4 Å². The average molecular weight is 346 g/mol. The zero-order chi connectivity index (χ0) is 16.7. The second kappa shape index (κ2) is 5.52. The van der Waals surface area contributed by atoms with Gasteiger partial charge in [0.05, 0.1) is 6.54 Å². The van der Waals surface area contributed by atoms with Gasteiger partial charge in [-0.15, -0.1) is 0 Å². The second-order valence-electron chi connectivity index (χ2n) is 5.86. The van der Waals surface area contributed by atoms with Gasteiger partial charge in [0.15, 0.2) is 5.58 Å². The van der Waals surface area contributed by atoms with E-state index in [1.165, 1.54) is 18.0 Å². The van der Waals surface area contributed by atoms with Gasteiger partial charge in [-0.1, -0.05) is 23.9 Å². The molecule has 1 atom stereocenters. The highest BCUT2D eigenvalue weighted by atomic mass is 32.2. The Bertz CT molecular complexity index is 863. The number of nitro groups is 1. The van der Waals surface area contributed by atoms with Gasteiger partial charge in [0.25, 0.3) is 5.22 Å². The molecule has 0 saturated carbocycles. The largest absolute Gasteiger partial charge is 0.438 e. The zero-order valence-electron chi connectivity index (χ0n) is 12.8. The number of rotatable bonds is 5. The van der Waals surface area contributed by atoms with E-state index in [0.29, 0.717) is 17.8 Å². The molecule has 8 nitrogen and oxygen atoms in total. The van der Waals surface area contributed by atoms with Crippen LogP contribution in [0.25, 0.3) is 11.1 Å². The summed E-state index contributed by atoms with van der Waals surface area (Å²) in [6, 6.07) is 7.94. The highest BCUT2D eigenvalue weighted by Gasteiger charge is 2.39. The molecule has 1 unspecified atom stereocenters. The summed E-state index contributed by atoms with van der Waals surface area (Å²) in [5, 5.41) is 11.4. The fraction of sp³-hybridized carbons (Fsp3) is 0.333. The van der Waals surface area contributed by atoms with Crippen molar-refractivity contribution in [3.8, 4) is 6.01 Å². The zero-order valence-corrected chi connectivity index (χ0v) is 13.7. The van der Waals surface area contributed by atoms with E-state index in [1.807, 2.05) is 31.2 Å². The number of thioether (sulfide) groups is 1. The molecule has 0 N–H and O–H groups in total. The van der Waals surface area contributed by atoms with Crippen molar-refractivity contribution in [2.24, 2.45) is 0 Å². The van der Waals surface area contributed by atoms with Crippen LogP contribution in [0.4, 0.5) is 5.82 Å². The fourth-order valence-electron chi connectivity index (χ4n) is 2.68. The van der Waals surface area contributed by atoms with E-state index in [9.17, 15) is 10.1 Å². The van der Waals surface area contributed by atoms with Crippen LogP contribution in [0.5, 0.6) is 6.01 Å². The lowest BCUT2D eigenvalue weighted by Gasteiger charge is -2.20. The van der Waals surface area contributed by atoms with Gasteiger partial charge in [0, 0.05) is 10.7 Å². The number of hydrogen-bond donors (Lipinski definition) is 0. The molecular weight excluding hydrogens is 332 g/mol. The summed E-state index contributed by atoms with van der Waals surface area (Å²) < 4.78 is 13.2. The minimum atomic E-state index is -0.519. The highest BCUT2D eigenvalue weighted by molar-refractivity contribution is 7.99. The molecule has 1 aliphatic rings. The van der Waals surface area contributed by atoms with E-state index in [-0.39, 0.29) is 5.82 Å². The van der Waals surface area contributed by atoms with Gasteiger partial charge in [-0.25, -0.2) is 4.98 Å². The second-order valence-corrected chi connectivity index (χ2v) is 6.91. The number of aromatic nitrogens is 3. The van der Waals surface area contributed by atoms with E-state index in [0.717, 1.165) is 23.3 Å². The van der Waals surface area contributed by atoms with Crippen molar-refractivity contribution in [3.05, 3.63) is 40.6 Å². The van der Waals surface area contributed by atoms with Crippen LogP contribution < -0.4 is 4.74 Å². The van der Waals surface area contributed by atoms with Crippen molar-refractivity contribution in [3.63, 3.8) is 0 Å². The van der Waals surface area contributed by atoms with Gasteiger partial charge in [0.1, 0.15) is 17.3 Å². The smallest absolute Gasteiger partial charge is 0.414 e. The lowest BCUT2D eigenvalue weighted by molar-refractivity contribution is -0.389. The van der Waals surface area contributed by atoms with Crippen molar-refractivity contribution in [2.75, 3.05) is 5.75 Å². The predicted molar refractivity (Wildman–Crippen MR) is 87.3 cm³/mol. The molecule has 9 heteroatoms. The van der Waals surface area contributed by atoms with Gasteiger partial charge in [0.2, 0.25) is 0 Å². The van der Waals surface area contributed by atoms with E-state index in [2.05, 4.69) is 9.97 Å². The molecule has 0 fully saturated rings. The SMILES string of the molecule is CC1(CCSc2nc3ccccc3o2)Cn2cc([N+](=O)[O-])nc2O1. The Morgan fingerprint density at radius 1 is 1.42 bits per heavy atom. The van der Waals surface area contributed by atoms with Crippen LogP contribution in [0.2, 0.25) is 0 Å². The molecule has 3 heterocycles. The molecule has 0 saturated heterocycles. The number of benzene rings is 1. The first kappa shape index (κ1) is 15.0. The van der Waals surface area contributed by atoms with Crippen molar-refractivity contribution < 1.29 is 14.1 Å². The van der Waals surface area contributed by atoms with Gasteiger partial charge in [-0.2, -0.15) is 0 Å². The lowest BCUT2D eigenvalue weighted by Crippen LogP contribution is -2.32. The third-order valence-corrected chi connectivity index (χ3v) is 4.72. The molecular formula is C15H14N4O4S. The molecule has 1 aliphatic heterocycles. The van der Waals surface area contributed by atoms with Gasteiger partial charge in [-0.3, -0.25) is 4.57 Å². The highest BCUT2D eigenvalue weighted by Crippen LogP contribution is 2.34. The molecule has 0 bridgehead atoms. The summed E-state index contributed by atoms with van der Waals surface area (Å²) >= 11 is 1.53. The first-order chi connectivity index (χ1) is 11.5. The standard InChI is InChI=1S/C15H14N4O4S/c1-15(9-18-8-12(19(20)21)17-13(18)23-15)6-7-24-14-16-10-4-2-3-5-11(10)22-14/h2-5,8H,6-7,9H2,1H3. The molecule has 4 rings (SSSR count). The number of hydrogen-bond acceptors (Lipinski definition) is 7. The number of oxazole rings is 1. The maximum atomic E-state index is 10.7. The molecule has 0 spiro atoms. The van der Waals surface area contributed by atoms with Gasteiger partial charge < -0.3 is 19.3 Å². The Labute approximate surface area is 141 Å². The first-order valence-corrected chi connectivity index (χ1v) is 8.40. The van der Waals surface area contributed by atoms with Crippen molar-refractivity contribution >= 4 is 28.7 Å². The summed E-state index contributed by atoms with van der Waals surface area (Å²) in [4.78, 5) is 18.5. The summed E-state index contributed by atoms with van der Waals surface area (Å²) in [6.45, 7) is 2.51. The van der Waals surface area contributed by atoms with Crippen LogP contribution in [0.1, 0.15) is 13.3 Å². The number of fused-ring (bicyclic) bond motifs is 2. The lowest BCUT2D eigenvalue weighted by atomic mass is 10.0. The normalized spacial score (nSPS) is 19.4. The van der Waals surface area contributed by atoms with Crippen LogP contribution in [0, 0.1) is 10.1 Å². The van der Waals surface area contributed by atoms with Crippen LogP contribution in [0.3, 0.4) is 0 Å². The van der Waals surface area contributed by atoms with Crippen LogP contribution >= 0.6 is 11.8 Å². The summed E-state index contributed by atoms with van der Waals surface area (Å²) in [7, 11) is 0. The number of nitrogens with zero attached hydrogens (tertiary/aromatic N) is 4. The topological polar surface area (TPSA) is 96.2 Å². The molecule has 3 aromatic rings. The number of imidazole rings is 1. The molecule has 0 amide bonds. The average Bonchev–Trinajstić information content (AvgIpc) is 3.17. The van der Waals surface area contributed by atoms with E-state index in [4.69, 9.17) is 9.15 Å². The number of ether oxygens (including phenoxy) is 1. The minimum absolute atomic E-state index is 0.187. The Balaban J connectivity index is 1.37. The molecule has 24 heavy (non-hydrogen) atoms. The summed E-state index contributed by atoms with van der Waals surface area (Å²) in [6.07, 6.45) is 2.15. The summed E-state index contributed by atoms with van der Waals surface area (Å²) in [5.41, 5.74) is 1.18. The quantitative estimate of drug-likeness (QED) is 0.397. The van der Waals surface area contributed by atoms with Crippen LogP contribution in [0.15, 0.2) is 40.1 Å². The third kappa shape index (κ3) is 2.71. The molecule has 0 radical (unpaired) electrons. The van der Waals surface area contributed by atoms with Gasteiger partial charge >= 0.3 is 11.8 Å². The Morgan fingerprint density at radius 2 is 2.25 bits per heavy atom. The molecule has 1 aromatic carbocycles. The minimum Gasteiger partial charge on any atom is -0.438 e. The van der Waals surface area contributed by atoms with E-state index in [1.54, 1.807) is 4.57 Å². The fourth-order valence-corrected chi connectivity index (χ4v) is 3.70. The van der Waals surface area contributed by atoms with Crippen molar-refractivity contribution in [1.82, 2.24) is 14.5 Å². The van der Waals surface area contributed by atoms with Crippen LogP contribution in [-0.2, 0) is 6.54 Å². The Kier molecular flexibility index (Phi) is 3.45. The Morgan fingerprint density at radius 3 is 3.00 bits per heavy atom. The van der Waals surface area contributed by atoms with Crippen LogP contribution in [-0.4, -0.2) is 30.8 Å². The van der Waals surface area contributed by atoms with Crippen molar-refractivity contribution in [1.29, 1.82) is 0 Å². The monoisotopic (exact) mass is 346 g/mol. The first-order valence-electron chi connectivity index (χ1n) is 7.41. The summed E-state index contributed by atoms with van der Waals surface area (Å²) in [5.74, 6) is 0.573. The Hall–Kier alpha value is -2.55. The predicted octanol–water partition coefficient (Wildman–Crippen LogP) is 3.27. The van der Waals surface area contributed by atoms with E-state index < -0.39 is 10.5 Å². The number of para-hydroxylation sites is 2. The molecule has 124 valence electrons. The van der Waals surface area contributed by atoms with Crippen molar-refractivity contribution in [2.45, 2.75) is 30.7 Å². The maximum absolute atomic E-state index is 10.7.